The number of nitrogens with one attached hydrogen (secondary N) is 2. The fourth-order valence-corrected chi connectivity index (χ4v) is 1.95. The molecule has 5 heteroatoms. The van der Waals surface area contributed by atoms with Crippen molar-refractivity contribution >= 4 is 11.8 Å². The predicted octanol–water partition coefficient (Wildman–Crippen LogP) is 3.25. The van der Waals surface area contributed by atoms with Crippen LogP contribution in [0.3, 0.4) is 0 Å². The number of anilines is 2. The van der Waals surface area contributed by atoms with Crippen LogP contribution in [0, 0.1) is 12.8 Å². The van der Waals surface area contributed by atoms with Crippen LogP contribution in [0.4, 0.5) is 11.8 Å². The normalized spacial score (nSPS) is 10.7. The second kappa shape index (κ2) is 7.57. The highest BCUT2D eigenvalue weighted by Crippen LogP contribution is 2.09. The van der Waals surface area contributed by atoms with Gasteiger partial charge in [-0.05, 0) is 24.8 Å². The Labute approximate surface area is 126 Å². The van der Waals surface area contributed by atoms with Crippen LogP contribution in [0.5, 0.6) is 0 Å². The summed E-state index contributed by atoms with van der Waals surface area (Å²) in [5, 5.41) is 14.4. The third-order valence-corrected chi connectivity index (χ3v) is 3.12. The topological polar surface area (TPSA) is 62.7 Å². The maximum atomic E-state index is 4.41. The maximum absolute atomic E-state index is 4.41. The summed E-state index contributed by atoms with van der Waals surface area (Å²) in [6.45, 7) is 8.07. The Bertz CT molecular complexity index is 568. The van der Waals surface area contributed by atoms with Crippen molar-refractivity contribution in [3.05, 3.63) is 41.6 Å². The van der Waals surface area contributed by atoms with E-state index in [4.69, 9.17) is 0 Å². The zero-order valence-corrected chi connectivity index (χ0v) is 12.9. The molecule has 0 aliphatic rings. The van der Waals surface area contributed by atoms with Crippen LogP contribution in [0.2, 0.25) is 0 Å². The summed E-state index contributed by atoms with van der Waals surface area (Å²) in [6.07, 6.45) is 2.73. The largest absolute Gasteiger partial charge is 0.365 e. The van der Waals surface area contributed by atoms with Crippen molar-refractivity contribution in [2.24, 2.45) is 5.92 Å². The summed E-state index contributed by atoms with van der Waals surface area (Å²) < 4.78 is 0. The summed E-state index contributed by atoms with van der Waals surface area (Å²) in [4.78, 5) is 4.41. The van der Waals surface area contributed by atoms with Gasteiger partial charge in [-0.1, -0.05) is 43.7 Å². The molecule has 0 saturated heterocycles. The van der Waals surface area contributed by atoms with Crippen LogP contribution in [0.1, 0.15) is 31.4 Å². The van der Waals surface area contributed by atoms with Gasteiger partial charge in [0.15, 0.2) is 5.82 Å². The van der Waals surface area contributed by atoms with E-state index in [0.29, 0.717) is 11.9 Å². The number of aryl methyl sites for hydroxylation is 1. The fourth-order valence-electron chi connectivity index (χ4n) is 1.95. The first kappa shape index (κ1) is 15.2. The SMILES string of the molecule is Cc1cccc(CNc2cnnc(NCCC(C)C)n2)c1. The molecule has 0 unspecified atom stereocenters. The van der Waals surface area contributed by atoms with Crippen molar-refractivity contribution in [1.82, 2.24) is 15.2 Å². The van der Waals surface area contributed by atoms with Gasteiger partial charge >= 0.3 is 0 Å². The Morgan fingerprint density at radius 3 is 2.81 bits per heavy atom. The van der Waals surface area contributed by atoms with E-state index < -0.39 is 0 Å². The standard InChI is InChI=1S/C16H23N5/c1-12(2)7-8-17-16-20-15(11-19-21-16)18-10-14-6-4-5-13(3)9-14/h4-6,9,11-12H,7-8,10H2,1-3H3,(H2,17,18,20,21). The third kappa shape index (κ3) is 5.38. The maximum Gasteiger partial charge on any atom is 0.244 e. The number of rotatable bonds is 7. The van der Waals surface area contributed by atoms with Gasteiger partial charge in [0, 0.05) is 13.1 Å². The first-order chi connectivity index (χ1) is 10.1. The number of hydrogen-bond donors (Lipinski definition) is 2. The quantitative estimate of drug-likeness (QED) is 0.817. The van der Waals surface area contributed by atoms with Crippen LogP contribution in [-0.2, 0) is 6.54 Å². The molecule has 0 saturated carbocycles. The Kier molecular flexibility index (Phi) is 5.49. The molecule has 0 aliphatic carbocycles. The monoisotopic (exact) mass is 285 g/mol. The molecule has 0 bridgehead atoms. The molecule has 2 rings (SSSR count). The number of benzene rings is 1. The second-order valence-corrected chi connectivity index (χ2v) is 5.62. The molecule has 0 fully saturated rings. The van der Waals surface area contributed by atoms with Gasteiger partial charge in [-0.15, -0.1) is 5.10 Å². The van der Waals surface area contributed by atoms with Gasteiger partial charge in [0.1, 0.15) is 0 Å². The van der Waals surface area contributed by atoms with Crippen LogP contribution >= 0.6 is 0 Å². The van der Waals surface area contributed by atoms with E-state index in [1.54, 1.807) is 6.20 Å². The zero-order chi connectivity index (χ0) is 15.1. The van der Waals surface area contributed by atoms with Crippen molar-refractivity contribution in [2.45, 2.75) is 33.7 Å². The Balaban J connectivity index is 1.88. The molecule has 0 atom stereocenters. The van der Waals surface area contributed by atoms with Crippen molar-refractivity contribution in [3.63, 3.8) is 0 Å². The average Bonchev–Trinajstić information content (AvgIpc) is 2.45. The molecule has 0 aliphatic heterocycles. The van der Waals surface area contributed by atoms with E-state index >= 15 is 0 Å². The number of hydrogen-bond acceptors (Lipinski definition) is 5. The summed E-state index contributed by atoms with van der Waals surface area (Å²) in [6, 6.07) is 8.40. The zero-order valence-electron chi connectivity index (χ0n) is 12.9. The average molecular weight is 285 g/mol. The molecule has 0 spiro atoms. The summed E-state index contributed by atoms with van der Waals surface area (Å²) in [5.41, 5.74) is 2.48. The molecule has 2 aromatic rings. The molecule has 112 valence electrons. The summed E-state index contributed by atoms with van der Waals surface area (Å²) in [7, 11) is 0. The smallest absolute Gasteiger partial charge is 0.244 e. The molecule has 21 heavy (non-hydrogen) atoms. The summed E-state index contributed by atoms with van der Waals surface area (Å²) >= 11 is 0. The lowest BCUT2D eigenvalue weighted by atomic mass is 10.1. The van der Waals surface area contributed by atoms with Gasteiger partial charge in [0.25, 0.3) is 0 Å². The van der Waals surface area contributed by atoms with Crippen LogP contribution in [-0.4, -0.2) is 21.7 Å². The van der Waals surface area contributed by atoms with Crippen molar-refractivity contribution in [1.29, 1.82) is 0 Å². The second-order valence-electron chi connectivity index (χ2n) is 5.62. The fraction of sp³-hybridized carbons (Fsp3) is 0.438. The van der Waals surface area contributed by atoms with Crippen molar-refractivity contribution < 1.29 is 0 Å². The lowest BCUT2D eigenvalue weighted by Crippen LogP contribution is -2.10. The summed E-state index contributed by atoms with van der Waals surface area (Å²) in [5.74, 6) is 1.97. The van der Waals surface area contributed by atoms with E-state index in [2.05, 4.69) is 70.9 Å². The Hall–Kier alpha value is -2.17. The Morgan fingerprint density at radius 2 is 2.05 bits per heavy atom. The highest BCUT2D eigenvalue weighted by molar-refractivity contribution is 5.38. The Morgan fingerprint density at radius 1 is 1.19 bits per heavy atom. The molecular formula is C16H23N5. The molecule has 5 nitrogen and oxygen atoms in total. The van der Waals surface area contributed by atoms with Crippen LogP contribution < -0.4 is 10.6 Å². The predicted molar refractivity (Wildman–Crippen MR) is 86.3 cm³/mol. The lowest BCUT2D eigenvalue weighted by Gasteiger charge is -2.09. The van der Waals surface area contributed by atoms with E-state index in [9.17, 15) is 0 Å². The van der Waals surface area contributed by atoms with E-state index in [1.807, 2.05) is 0 Å². The van der Waals surface area contributed by atoms with E-state index in [1.165, 1.54) is 11.1 Å². The van der Waals surface area contributed by atoms with Gasteiger partial charge in [0.05, 0.1) is 6.20 Å². The van der Waals surface area contributed by atoms with Gasteiger partial charge in [-0.3, -0.25) is 0 Å². The number of nitrogens with zero attached hydrogens (tertiary/aromatic N) is 3. The first-order valence-electron chi connectivity index (χ1n) is 7.36. The van der Waals surface area contributed by atoms with E-state index in [-0.39, 0.29) is 0 Å². The lowest BCUT2D eigenvalue weighted by molar-refractivity contribution is 0.605. The molecule has 2 N–H and O–H groups in total. The molecule has 1 heterocycles. The van der Waals surface area contributed by atoms with Crippen molar-refractivity contribution in [2.75, 3.05) is 17.2 Å². The molecule has 1 aromatic heterocycles. The van der Waals surface area contributed by atoms with Gasteiger partial charge in [-0.2, -0.15) is 10.1 Å². The molecular weight excluding hydrogens is 262 g/mol. The third-order valence-electron chi connectivity index (χ3n) is 3.12. The van der Waals surface area contributed by atoms with Gasteiger partial charge in [0.2, 0.25) is 5.95 Å². The molecule has 0 amide bonds. The minimum absolute atomic E-state index is 0.574. The molecule has 1 aromatic carbocycles. The molecule has 0 radical (unpaired) electrons. The first-order valence-corrected chi connectivity index (χ1v) is 7.36. The van der Waals surface area contributed by atoms with Crippen LogP contribution in [0.15, 0.2) is 30.5 Å². The highest BCUT2D eigenvalue weighted by Gasteiger charge is 2.01. The van der Waals surface area contributed by atoms with Crippen molar-refractivity contribution in [3.8, 4) is 0 Å². The van der Waals surface area contributed by atoms with E-state index in [0.717, 1.165) is 25.3 Å². The van der Waals surface area contributed by atoms with Gasteiger partial charge < -0.3 is 10.6 Å². The van der Waals surface area contributed by atoms with Gasteiger partial charge in [-0.25, -0.2) is 0 Å². The minimum atomic E-state index is 0.574. The highest BCUT2D eigenvalue weighted by atomic mass is 15.3. The van der Waals surface area contributed by atoms with Crippen LogP contribution in [0.25, 0.3) is 0 Å². The minimum Gasteiger partial charge on any atom is -0.365 e. The number of aromatic nitrogens is 3.